The number of hydrogen-bond donors (Lipinski definition) is 1. The van der Waals surface area contributed by atoms with E-state index in [4.69, 9.17) is 9.84 Å². The summed E-state index contributed by atoms with van der Waals surface area (Å²) in [5.74, 6) is -0.822. The summed E-state index contributed by atoms with van der Waals surface area (Å²) < 4.78 is 44.8. The second kappa shape index (κ2) is 5.54. The van der Waals surface area contributed by atoms with Gasteiger partial charge in [-0.3, -0.25) is 0 Å². The van der Waals surface area contributed by atoms with E-state index in [9.17, 15) is 13.2 Å². The molecule has 17 heavy (non-hydrogen) atoms. The maximum atomic E-state index is 12.1. The first-order chi connectivity index (χ1) is 7.92. The summed E-state index contributed by atoms with van der Waals surface area (Å²) in [5.41, 5.74) is 0.734. The lowest BCUT2D eigenvalue weighted by atomic mass is 10.1. The zero-order chi connectivity index (χ0) is 13.1. The fourth-order valence-electron chi connectivity index (χ4n) is 1.22. The molecule has 0 aliphatic rings. The Morgan fingerprint density at radius 1 is 1.47 bits per heavy atom. The number of aliphatic hydroxyl groups excluding tert-OH is 1. The van der Waals surface area contributed by atoms with Crippen LogP contribution < -0.4 is 9.47 Å². The SMILES string of the molecule is COc1c(OC(F)(F)F)ncc(CO)c1CBr. The van der Waals surface area contributed by atoms with Gasteiger partial charge in [-0.1, -0.05) is 15.9 Å². The number of pyridine rings is 1. The first-order valence-electron chi connectivity index (χ1n) is 4.40. The molecule has 0 unspecified atom stereocenters. The minimum absolute atomic E-state index is 0.147. The average molecular weight is 316 g/mol. The summed E-state index contributed by atoms with van der Waals surface area (Å²) in [6.45, 7) is -0.351. The zero-order valence-corrected chi connectivity index (χ0v) is 10.3. The van der Waals surface area contributed by atoms with Gasteiger partial charge < -0.3 is 14.6 Å². The van der Waals surface area contributed by atoms with E-state index in [1.807, 2.05) is 0 Å². The molecule has 0 aliphatic heterocycles. The third kappa shape index (κ3) is 3.47. The van der Waals surface area contributed by atoms with Crippen LogP contribution in [0.4, 0.5) is 13.2 Å². The van der Waals surface area contributed by atoms with Crippen molar-refractivity contribution in [1.82, 2.24) is 4.98 Å². The molecule has 0 saturated carbocycles. The lowest BCUT2D eigenvalue weighted by Crippen LogP contribution is -2.19. The molecule has 96 valence electrons. The average Bonchev–Trinajstić information content (AvgIpc) is 2.26. The van der Waals surface area contributed by atoms with Crippen molar-refractivity contribution >= 4 is 15.9 Å². The van der Waals surface area contributed by atoms with Crippen LogP contribution in [0.2, 0.25) is 0 Å². The second-order valence-electron chi connectivity index (χ2n) is 2.94. The Morgan fingerprint density at radius 3 is 2.53 bits per heavy atom. The second-order valence-corrected chi connectivity index (χ2v) is 3.50. The minimum atomic E-state index is -4.84. The van der Waals surface area contributed by atoms with Gasteiger partial charge in [0.25, 0.3) is 5.88 Å². The number of alkyl halides is 4. The lowest BCUT2D eigenvalue weighted by molar-refractivity contribution is -0.276. The molecule has 0 aromatic carbocycles. The first-order valence-corrected chi connectivity index (χ1v) is 5.52. The van der Waals surface area contributed by atoms with Gasteiger partial charge in [-0.15, -0.1) is 13.2 Å². The van der Waals surface area contributed by atoms with Gasteiger partial charge in [0.1, 0.15) is 0 Å². The minimum Gasteiger partial charge on any atom is -0.491 e. The highest BCUT2D eigenvalue weighted by Crippen LogP contribution is 2.35. The number of halogens is 4. The number of nitrogens with zero attached hydrogens (tertiary/aromatic N) is 1. The molecular formula is C9H9BrF3NO3. The van der Waals surface area contributed by atoms with Crippen molar-refractivity contribution in [3.63, 3.8) is 0 Å². The molecule has 4 nitrogen and oxygen atoms in total. The monoisotopic (exact) mass is 315 g/mol. The van der Waals surface area contributed by atoms with Crippen LogP contribution in [0.3, 0.4) is 0 Å². The van der Waals surface area contributed by atoms with E-state index in [1.54, 1.807) is 0 Å². The first kappa shape index (κ1) is 14.0. The molecule has 8 heteroatoms. The van der Waals surface area contributed by atoms with Crippen LogP contribution in [0, 0.1) is 0 Å². The van der Waals surface area contributed by atoms with Crippen molar-refractivity contribution in [1.29, 1.82) is 0 Å². The molecule has 0 atom stereocenters. The Hall–Kier alpha value is -1.02. The molecule has 0 spiro atoms. The van der Waals surface area contributed by atoms with Crippen LogP contribution in [-0.4, -0.2) is 23.6 Å². The lowest BCUT2D eigenvalue weighted by Gasteiger charge is -2.15. The number of rotatable bonds is 4. The Morgan fingerprint density at radius 2 is 2.12 bits per heavy atom. The van der Waals surface area contributed by atoms with Crippen molar-refractivity contribution in [3.8, 4) is 11.6 Å². The molecule has 0 bridgehead atoms. The van der Waals surface area contributed by atoms with Crippen molar-refractivity contribution in [3.05, 3.63) is 17.3 Å². The summed E-state index contributed by atoms with van der Waals surface area (Å²) >= 11 is 3.10. The van der Waals surface area contributed by atoms with E-state index in [0.29, 0.717) is 11.1 Å². The zero-order valence-electron chi connectivity index (χ0n) is 8.71. The van der Waals surface area contributed by atoms with Gasteiger partial charge in [0.05, 0.1) is 13.7 Å². The predicted octanol–water partition coefficient (Wildman–Crippen LogP) is 2.38. The van der Waals surface area contributed by atoms with Crippen molar-refractivity contribution in [2.24, 2.45) is 0 Å². The molecule has 1 aromatic rings. The van der Waals surface area contributed by atoms with Crippen molar-refractivity contribution in [2.75, 3.05) is 7.11 Å². The Labute approximate surface area is 103 Å². The molecule has 1 aromatic heterocycles. The van der Waals surface area contributed by atoms with Gasteiger partial charge in [0.15, 0.2) is 5.75 Å². The number of hydrogen-bond acceptors (Lipinski definition) is 4. The normalized spacial score (nSPS) is 11.4. The highest BCUT2D eigenvalue weighted by Gasteiger charge is 2.34. The summed E-state index contributed by atoms with van der Waals surface area (Å²) in [5, 5.41) is 9.22. The van der Waals surface area contributed by atoms with Gasteiger partial charge in [-0.2, -0.15) is 0 Å². The molecular weight excluding hydrogens is 307 g/mol. The van der Waals surface area contributed by atoms with E-state index < -0.39 is 12.2 Å². The number of aromatic nitrogens is 1. The van der Waals surface area contributed by atoms with Crippen LogP contribution >= 0.6 is 15.9 Å². The summed E-state index contributed by atoms with van der Waals surface area (Å²) in [7, 11) is 1.20. The molecule has 0 amide bonds. The van der Waals surface area contributed by atoms with Crippen molar-refractivity contribution in [2.45, 2.75) is 18.3 Å². The largest absolute Gasteiger partial charge is 0.574 e. The smallest absolute Gasteiger partial charge is 0.491 e. The highest BCUT2D eigenvalue weighted by molar-refractivity contribution is 9.08. The molecule has 1 heterocycles. The van der Waals surface area contributed by atoms with E-state index in [2.05, 4.69) is 25.7 Å². The molecule has 1 rings (SSSR count). The van der Waals surface area contributed by atoms with Crippen molar-refractivity contribution < 1.29 is 27.8 Å². The van der Waals surface area contributed by atoms with Gasteiger partial charge in [0, 0.05) is 22.7 Å². The molecule has 0 aliphatic carbocycles. The predicted molar refractivity (Wildman–Crippen MR) is 56.0 cm³/mol. The number of methoxy groups -OCH3 is 1. The summed E-state index contributed by atoms with van der Waals surface area (Å²) in [4.78, 5) is 3.47. The summed E-state index contributed by atoms with van der Waals surface area (Å²) in [6.07, 6.45) is -3.73. The van der Waals surface area contributed by atoms with Crippen LogP contribution in [-0.2, 0) is 11.9 Å². The van der Waals surface area contributed by atoms with E-state index >= 15 is 0 Å². The number of ether oxygens (including phenoxy) is 2. The molecule has 0 saturated heterocycles. The Kier molecular flexibility index (Phi) is 4.58. The Balaban J connectivity index is 3.23. The third-order valence-electron chi connectivity index (χ3n) is 1.91. The van der Waals surface area contributed by atoms with E-state index in [1.165, 1.54) is 7.11 Å². The Bertz CT molecular complexity index is 398. The molecule has 0 radical (unpaired) electrons. The maximum Gasteiger partial charge on any atom is 0.574 e. The van der Waals surface area contributed by atoms with E-state index in [-0.39, 0.29) is 17.7 Å². The fraction of sp³-hybridized carbons (Fsp3) is 0.444. The quantitative estimate of drug-likeness (QED) is 0.867. The van der Waals surface area contributed by atoms with Gasteiger partial charge >= 0.3 is 6.36 Å². The van der Waals surface area contributed by atoms with E-state index in [0.717, 1.165) is 6.20 Å². The summed E-state index contributed by atoms with van der Waals surface area (Å²) in [6, 6.07) is 0. The standard InChI is InChI=1S/C9H9BrF3NO3/c1-16-7-6(2-10)5(4-15)3-14-8(7)17-9(11,12)13/h3,15H,2,4H2,1H3. The van der Waals surface area contributed by atoms with Crippen LogP contribution in [0.15, 0.2) is 6.20 Å². The van der Waals surface area contributed by atoms with Gasteiger partial charge in [0.2, 0.25) is 0 Å². The van der Waals surface area contributed by atoms with Crippen LogP contribution in [0.5, 0.6) is 11.6 Å². The molecule has 1 N–H and O–H groups in total. The molecule has 0 fully saturated rings. The third-order valence-corrected chi connectivity index (χ3v) is 2.47. The van der Waals surface area contributed by atoms with Gasteiger partial charge in [-0.25, -0.2) is 4.98 Å². The van der Waals surface area contributed by atoms with Crippen LogP contribution in [0.1, 0.15) is 11.1 Å². The van der Waals surface area contributed by atoms with Gasteiger partial charge in [-0.05, 0) is 0 Å². The fourth-order valence-corrected chi connectivity index (χ4v) is 1.84. The van der Waals surface area contributed by atoms with Crippen LogP contribution in [0.25, 0.3) is 0 Å². The topological polar surface area (TPSA) is 51.6 Å². The maximum absolute atomic E-state index is 12.1. The number of aliphatic hydroxyl groups is 1. The highest BCUT2D eigenvalue weighted by atomic mass is 79.9.